The van der Waals surface area contributed by atoms with Crippen LogP contribution in [-0.2, 0) is 9.59 Å². The maximum atomic E-state index is 10.5. The normalized spacial score (nSPS) is 12.1. The maximum Gasteiger partial charge on any atom is 0.332 e. The van der Waals surface area contributed by atoms with E-state index in [1.807, 2.05) is 0 Å². The predicted molar refractivity (Wildman–Crippen MR) is 73.4 cm³/mol. The lowest BCUT2D eigenvalue weighted by molar-refractivity contribution is -0.549. The molecular weight excluding hydrogens is 304 g/mol. The third-order valence-corrected chi connectivity index (χ3v) is 2.06. The summed E-state index contributed by atoms with van der Waals surface area (Å²) in [5, 5.41) is 42.9. The topological polar surface area (TPSA) is 238 Å². The first kappa shape index (κ1) is 21.6. The Hall–Kier alpha value is -2.67. The molecule has 0 bridgehead atoms. The van der Waals surface area contributed by atoms with Gasteiger partial charge < -0.3 is 32.1 Å². The van der Waals surface area contributed by atoms with Gasteiger partial charge in [0, 0.05) is 6.54 Å². The SMILES string of the molecule is N=C(N)NCCC[C@H](N[N+](=O)[O-])C(=O)O.N[C@@H](CO)C(=O)O. The van der Waals surface area contributed by atoms with Crippen LogP contribution in [0.3, 0.4) is 0 Å². The first-order valence-corrected chi connectivity index (χ1v) is 5.92. The summed E-state index contributed by atoms with van der Waals surface area (Å²) in [5.74, 6) is -2.68. The molecule has 0 saturated heterocycles. The number of nitrogens with zero attached hydrogens (tertiary/aromatic N) is 1. The Bertz CT molecular complexity index is 391. The van der Waals surface area contributed by atoms with Crippen molar-refractivity contribution >= 4 is 17.9 Å². The van der Waals surface area contributed by atoms with Gasteiger partial charge >= 0.3 is 11.9 Å². The fourth-order valence-electron chi connectivity index (χ4n) is 0.978. The Morgan fingerprint density at radius 2 is 1.86 bits per heavy atom. The van der Waals surface area contributed by atoms with E-state index >= 15 is 0 Å². The molecule has 0 unspecified atom stereocenters. The Kier molecular flexibility index (Phi) is 11.9. The molecule has 0 aliphatic heterocycles. The minimum Gasteiger partial charge on any atom is -0.480 e. The van der Waals surface area contributed by atoms with Gasteiger partial charge in [0.25, 0.3) is 0 Å². The second kappa shape index (κ2) is 12.1. The van der Waals surface area contributed by atoms with Crippen LogP contribution < -0.4 is 22.2 Å². The van der Waals surface area contributed by atoms with Crippen molar-refractivity contribution < 1.29 is 29.9 Å². The second-order valence-electron chi connectivity index (χ2n) is 3.89. The van der Waals surface area contributed by atoms with Crippen LogP contribution in [0.5, 0.6) is 0 Å². The summed E-state index contributed by atoms with van der Waals surface area (Å²) in [6, 6.07) is -2.35. The molecule has 0 fully saturated rings. The number of aliphatic hydroxyl groups is 1. The van der Waals surface area contributed by atoms with Gasteiger partial charge in [-0.3, -0.25) is 10.2 Å². The molecular formula is C9H20N6O7. The van der Waals surface area contributed by atoms with Gasteiger partial charge in [0.05, 0.1) is 6.61 Å². The molecule has 0 heterocycles. The molecule has 13 heteroatoms. The smallest absolute Gasteiger partial charge is 0.332 e. The lowest BCUT2D eigenvalue weighted by atomic mass is 10.1. The van der Waals surface area contributed by atoms with Crippen molar-refractivity contribution in [3.8, 4) is 0 Å². The van der Waals surface area contributed by atoms with Crippen molar-refractivity contribution in [3.05, 3.63) is 10.1 Å². The van der Waals surface area contributed by atoms with Gasteiger partial charge in [0.1, 0.15) is 6.04 Å². The van der Waals surface area contributed by atoms with Crippen LogP contribution >= 0.6 is 0 Å². The summed E-state index contributed by atoms with van der Waals surface area (Å²) in [4.78, 5) is 30.2. The first-order valence-electron chi connectivity index (χ1n) is 5.92. The molecule has 22 heavy (non-hydrogen) atoms. The molecule has 0 aromatic heterocycles. The van der Waals surface area contributed by atoms with Gasteiger partial charge in [-0.25, -0.2) is 14.9 Å². The van der Waals surface area contributed by atoms with Crippen LogP contribution in [0, 0.1) is 15.5 Å². The number of nitrogens with two attached hydrogens (primary N) is 2. The Balaban J connectivity index is 0. The van der Waals surface area contributed by atoms with E-state index in [1.54, 1.807) is 5.43 Å². The summed E-state index contributed by atoms with van der Waals surface area (Å²) in [6.45, 7) is -0.201. The molecule has 0 radical (unpaired) electrons. The quantitative estimate of drug-likeness (QED) is 0.0693. The van der Waals surface area contributed by atoms with Gasteiger partial charge in [-0.2, -0.15) is 0 Å². The van der Waals surface area contributed by atoms with Crippen molar-refractivity contribution in [3.63, 3.8) is 0 Å². The number of hydrogen-bond acceptors (Lipinski definition) is 7. The number of aliphatic carboxylic acids is 2. The van der Waals surface area contributed by atoms with Gasteiger partial charge in [-0.15, -0.1) is 5.43 Å². The van der Waals surface area contributed by atoms with Crippen LogP contribution in [0.25, 0.3) is 0 Å². The van der Waals surface area contributed by atoms with E-state index in [9.17, 15) is 19.7 Å². The molecule has 2 atom stereocenters. The van der Waals surface area contributed by atoms with E-state index in [0.29, 0.717) is 13.0 Å². The monoisotopic (exact) mass is 324 g/mol. The minimum absolute atomic E-state index is 0.0800. The van der Waals surface area contributed by atoms with Gasteiger partial charge in [-0.1, -0.05) is 0 Å². The fraction of sp³-hybridized carbons (Fsp3) is 0.667. The predicted octanol–water partition coefficient (Wildman–Crippen LogP) is -3.13. The highest BCUT2D eigenvalue weighted by atomic mass is 16.7. The van der Waals surface area contributed by atoms with E-state index in [2.05, 4.69) is 5.32 Å². The van der Waals surface area contributed by atoms with Crippen LogP contribution in [0.4, 0.5) is 0 Å². The molecule has 0 rings (SSSR count). The van der Waals surface area contributed by atoms with Gasteiger partial charge in [0.15, 0.2) is 17.0 Å². The number of rotatable bonds is 9. The van der Waals surface area contributed by atoms with E-state index in [0.717, 1.165) is 0 Å². The average Bonchev–Trinajstić information content (AvgIpc) is 2.40. The molecule has 0 aromatic rings. The van der Waals surface area contributed by atoms with Crippen LogP contribution in [0.1, 0.15) is 12.8 Å². The molecule has 10 N–H and O–H groups in total. The zero-order valence-electron chi connectivity index (χ0n) is 11.6. The van der Waals surface area contributed by atoms with E-state index in [1.165, 1.54) is 0 Å². The molecule has 128 valence electrons. The standard InChI is InChI=1S/C6H13N5O4.C3H7NO3/c7-6(8)9-3-1-2-4(5(12)13)10-11(14)15;4-2(1-5)3(6)7/h4,10H,1-3H2,(H,12,13)(H4,7,8,9);2,5H,1,4H2,(H,6,7)/t4-;2-/m00/s1. The summed E-state index contributed by atoms with van der Waals surface area (Å²) >= 11 is 0. The Morgan fingerprint density at radius 3 is 2.14 bits per heavy atom. The van der Waals surface area contributed by atoms with E-state index in [-0.39, 0.29) is 12.4 Å². The lowest BCUT2D eigenvalue weighted by Gasteiger charge is -2.09. The highest BCUT2D eigenvalue weighted by Gasteiger charge is 2.21. The number of hydrogen-bond donors (Lipinski definition) is 8. The zero-order chi connectivity index (χ0) is 17.7. The minimum atomic E-state index is -1.28. The number of nitro groups is 1. The summed E-state index contributed by atoms with van der Waals surface area (Å²) in [6.07, 6.45) is 0.438. The summed E-state index contributed by atoms with van der Waals surface area (Å²) in [5.41, 5.74) is 11.4. The van der Waals surface area contributed by atoms with Gasteiger partial charge in [0.2, 0.25) is 0 Å². The molecule has 0 amide bonds. The third kappa shape index (κ3) is 13.8. The zero-order valence-corrected chi connectivity index (χ0v) is 11.6. The van der Waals surface area contributed by atoms with Crippen molar-refractivity contribution in [2.75, 3.05) is 13.2 Å². The van der Waals surface area contributed by atoms with E-state index < -0.39 is 35.7 Å². The van der Waals surface area contributed by atoms with Crippen LogP contribution in [0.2, 0.25) is 0 Å². The second-order valence-corrected chi connectivity index (χ2v) is 3.89. The van der Waals surface area contributed by atoms with Gasteiger partial charge in [-0.05, 0) is 12.8 Å². The Morgan fingerprint density at radius 1 is 1.32 bits per heavy atom. The number of carboxylic acid groups (broad SMARTS) is 2. The average molecular weight is 324 g/mol. The van der Waals surface area contributed by atoms with Crippen molar-refractivity contribution in [2.45, 2.75) is 24.9 Å². The number of hydrazine groups is 1. The largest absolute Gasteiger partial charge is 0.480 e. The lowest BCUT2D eigenvalue weighted by Crippen LogP contribution is -2.41. The number of guanidine groups is 1. The number of aliphatic hydroxyl groups excluding tert-OH is 1. The Labute approximate surface area is 124 Å². The van der Waals surface area contributed by atoms with Crippen molar-refractivity contribution in [1.82, 2.24) is 10.7 Å². The number of carbonyl (C=O) groups is 2. The molecule has 0 aliphatic rings. The summed E-state index contributed by atoms with van der Waals surface area (Å²) < 4.78 is 0. The molecule has 13 nitrogen and oxygen atoms in total. The first-order chi connectivity index (χ1) is 10.1. The fourth-order valence-corrected chi connectivity index (χ4v) is 0.978. The number of carboxylic acids is 2. The van der Waals surface area contributed by atoms with Crippen LogP contribution in [0.15, 0.2) is 0 Å². The highest BCUT2D eigenvalue weighted by molar-refractivity contribution is 5.74. The third-order valence-electron chi connectivity index (χ3n) is 2.06. The summed E-state index contributed by atoms with van der Waals surface area (Å²) in [7, 11) is 0. The molecule has 0 aromatic carbocycles. The van der Waals surface area contributed by atoms with Crippen molar-refractivity contribution in [2.24, 2.45) is 11.5 Å². The molecule has 0 saturated carbocycles. The molecule has 0 spiro atoms. The van der Waals surface area contributed by atoms with Crippen LogP contribution in [-0.4, -0.2) is 63.5 Å². The number of nitrogens with one attached hydrogen (secondary N) is 3. The van der Waals surface area contributed by atoms with E-state index in [4.69, 9.17) is 32.2 Å². The highest BCUT2D eigenvalue weighted by Crippen LogP contribution is 1.96. The maximum absolute atomic E-state index is 10.5. The van der Waals surface area contributed by atoms with Crippen molar-refractivity contribution in [1.29, 1.82) is 5.41 Å². The molecule has 0 aliphatic carbocycles.